The van der Waals surface area contributed by atoms with Gasteiger partial charge in [-0.15, -0.1) is 0 Å². The fraction of sp³-hybridized carbons (Fsp3) is 0.500. The summed E-state index contributed by atoms with van der Waals surface area (Å²) in [5.74, 6) is -1.04. The van der Waals surface area contributed by atoms with E-state index in [0.29, 0.717) is 24.2 Å². The molecule has 0 aliphatic carbocycles. The van der Waals surface area contributed by atoms with Gasteiger partial charge in [0.2, 0.25) is 0 Å². The van der Waals surface area contributed by atoms with Crippen LogP contribution in [-0.4, -0.2) is 30.1 Å². The molecule has 0 saturated carbocycles. The number of amides is 1. The minimum absolute atomic E-state index is 0.0167. The molecule has 0 bridgehead atoms. The van der Waals surface area contributed by atoms with Crippen molar-refractivity contribution in [2.45, 2.75) is 39.7 Å². The van der Waals surface area contributed by atoms with Gasteiger partial charge in [0, 0.05) is 0 Å². The summed E-state index contributed by atoms with van der Waals surface area (Å²) in [6.07, 6.45) is 1.09. The molecule has 5 heteroatoms. The Balaban J connectivity index is 2.79. The van der Waals surface area contributed by atoms with Crippen LogP contribution in [0.5, 0.6) is 5.75 Å². The number of carboxylic acids is 1. The third-order valence-electron chi connectivity index (χ3n) is 3.14. The average Bonchev–Trinajstić information content (AvgIpc) is 2.41. The van der Waals surface area contributed by atoms with Gasteiger partial charge in [0.25, 0.3) is 5.91 Å². The summed E-state index contributed by atoms with van der Waals surface area (Å²) in [5, 5.41) is 11.8. The lowest BCUT2D eigenvalue weighted by Crippen LogP contribution is -2.41. The number of carbonyl (C=O) groups excluding carboxylic acids is 1. The molecule has 0 fully saturated rings. The number of benzene rings is 1. The lowest BCUT2D eigenvalue weighted by atomic mass is 9.88. The maximum atomic E-state index is 12.2. The van der Waals surface area contributed by atoms with Crippen molar-refractivity contribution in [2.75, 3.05) is 7.11 Å². The molecule has 116 valence electrons. The number of methoxy groups -OCH3 is 1. The summed E-state index contributed by atoms with van der Waals surface area (Å²) in [5.41, 5.74) is 0.352. The van der Waals surface area contributed by atoms with Crippen LogP contribution < -0.4 is 10.1 Å². The van der Waals surface area contributed by atoms with Crippen LogP contribution in [0.2, 0.25) is 0 Å². The highest BCUT2D eigenvalue weighted by Gasteiger charge is 2.24. The lowest BCUT2D eigenvalue weighted by Gasteiger charge is -2.22. The summed E-state index contributed by atoms with van der Waals surface area (Å²) in [6.45, 7) is 6.11. The Morgan fingerprint density at radius 1 is 1.29 bits per heavy atom. The van der Waals surface area contributed by atoms with Gasteiger partial charge in [-0.05, 0) is 30.4 Å². The summed E-state index contributed by atoms with van der Waals surface area (Å²) in [4.78, 5) is 23.5. The zero-order valence-corrected chi connectivity index (χ0v) is 13.0. The van der Waals surface area contributed by atoms with Crippen LogP contribution in [0.3, 0.4) is 0 Å². The van der Waals surface area contributed by atoms with E-state index in [1.54, 1.807) is 24.3 Å². The Kier molecular flexibility index (Phi) is 5.76. The summed E-state index contributed by atoms with van der Waals surface area (Å²) in [6, 6.07) is 5.84. The van der Waals surface area contributed by atoms with E-state index in [4.69, 9.17) is 4.74 Å². The number of hydrogen-bond acceptors (Lipinski definition) is 3. The molecule has 1 atom stereocenters. The first-order chi connectivity index (χ1) is 9.74. The van der Waals surface area contributed by atoms with Crippen molar-refractivity contribution in [3.63, 3.8) is 0 Å². The van der Waals surface area contributed by atoms with Gasteiger partial charge in [-0.3, -0.25) is 4.79 Å². The van der Waals surface area contributed by atoms with Crippen LogP contribution in [0.25, 0.3) is 0 Å². The Hall–Kier alpha value is -2.04. The van der Waals surface area contributed by atoms with Crippen molar-refractivity contribution < 1.29 is 19.4 Å². The van der Waals surface area contributed by atoms with Gasteiger partial charge < -0.3 is 15.2 Å². The highest BCUT2D eigenvalue weighted by Crippen LogP contribution is 2.22. The first-order valence-electron chi connectivity index (χ1n) is 6.91. The maximum absolute atomic E-state index is 12.2. The lowest BCUT2D eigenvalue weighted by molar-refractivity contribution is -0.139. The molecule has 1 amide bonds. The first kappa shape index (κ1) is 17.0. The molecule has 0 aliphatic heterocycles. The minimum atomic E-state index is -1.03. The van der Waals surface area contributed by atoms with E-state index in [1.807, 2.05) is 20.8 Å². The molecular weight excluding hydrogens is 270 g/mol. The van der Waals surface area contributed by atoms with Gasteiger partial charge in [0.05, 0.1) is 12.7 Å². The topological polar surface area (TPSA) is 75.6 Å². The SMILES string of the molecule is COc1ccccc1C(=O)NC(CCC(C)(C)C)C(=O)O. The number of nitrogens with one attached hydrogen (secondary N) is 1. The van der Waals surface area contributed by atoms with Gasteiger partial charge >= 0.3 is 5.97 Å². The average molecular weight is 293 g/mol. The summed E-state index contributed by atoms with van der Waals surface area (Å²) in [7, 11) is 1.47. The van der Waals surface area contributed by atoms with E-state index >= 15 is 0 Å². The van der Waals surface area contributed by atoms with Crippen molar-refractivity contribution in [1.29, 1.82) is 0 Å². The molecule has 1 aromatic rings. The molecule has 0 aliphatic rings. The molecule has 1 aromatic carbocycles. The van der Waals surface area contributed by atoms with Crippen molar-refractivity contribution in [3.8, 4) is 5.75 Å². The molecule has 2 N–H and O–H groups in total. The third-order valence-corrected chi connectivity index (χ3v) is 3.14. The van der Waals surface area contributed by atoms with Gasteiger partial charge in [0.1, 0.15) is 11.8 Å². The Morgan fingerprint density at radius 2 is 1.90 bits per heavy atom. The van der Waals surface area contributed by atoms with Gasteiger partial charge in [-0.1, -0.05) is 32.9 Å². The number of hydrogen-bond donors (Lipinski definition) is 2. The number of aliphatic carboxylic acids is 1. The zero-order chi connectivity index (χ0) is 16.0. The standard InChI is InChI=1S/C16H23NO4/c1-16(2,3)10-9-12(15(19)20)17-14(18)11-7-5-6-8-13(11)21-4/h5-8,12H,9-10H2,1-4H3,(H,17,18)(H,19,20). The van der Waals surface area contributed by atoms with Crippen LogP contribution in [0, 0.1) is 5.41 Å². The molecule has 21 heavy (non-hydrogen) atoms. The smallest absolute Gasteiger partial charge is 0.326 e. The fourth-order valence-corrected chi connectivity index (χ4v) is 1.90. The molecule has 0 heterocycles. The van der Waals surface area contributed by atoms with Gasteiger partial charge in [0.15, 0.2) is 0 Å². The van der Waals surface area contributed by atoms with E-state index in [-0.39, 0.29) is 5.41 Å². The Morgan fingerprint density at radius 3 is 2.43 bits per heavy atom. The second-order valence-electron chi connectivity index (χ2n) is 6.16. The van der Waals surface area contributed by atoms with Crippen molar-refractivity contribution in [1.82, 2.24) is 5.32 Å². The quantitative estimate of drug-likeness (QED) is 0.845. The van der Waals surface area contributed by atoms with Crippen molar-refractivity contribution >= 4 is 11.9 Å². The molecule has 0 saturated heterocycles. The summed E-state index contributed by atoms with van der Waals surface area (Å²) >= 11 is 0. The van der Waals surface area contributed by atoms with Gasteiger partial charge in [-0.2, -0.15) is 0 Å². The van der Waals surface area contributed by atoms with Crippen LogP contribution in [0.4, 0.5) is 0 Å². The van der Waals surface area contributed by atoms with E-state index in [0.717, 1.165) is 0 Å². The molecule has 1 rings (SSSR count). The zero-order valence-electron chi connectivity index (χ0n) is 13.0. The molecule has 0 spiro atoms. The van der Waals surface area contributed by atoms with Gasteiger partial charge in [-0.25, -0.2) is 4.79 Å². The largest absolute Gasteiger partial charge is 0.496 e. The second kappa shape index (κ2) is 7.11. The number of carboxylic acid groups (broad SMARTS) is 1. The molecule has 1 unspecified atom stereocenters. The molecule has 5 nitrogen and oxygen atoms in total. The Bertz CT molecular complexity index is 505. The van der Waals surface area contributed by atoms with Crippen LogP contribution in [0.1, 0.15) is 44.0 Å². The maximum Gasteiger partial charge on any atom is 0.326 e. The highest BCUT2D eigenvalue weighted by molar-refractivity contribution is 5.98. The Labute approximate surface area is 125 Å². The second-order valence-corrected chi connectivity index (χ2v) is 6.16. The van der Waals surface area contributed by atoms with Crippen LogP contribution >= 0.6 is 0 Å². The third kappa shape index (κ3) is 5.45. The highest BCUT2D eigenvalue weighted by atomic mass is 16.5. The first-order valence-corrected chi connectivity index (χ1v) is 6.91. The monoisotopic (exact) mass is 293 g/mol. The minimum Gasteiger partial charge on any atom is -0.496 e. The van der Waals surface area contributed by atoms with E-state index < -0.39 is 17.9 Å². The van der Waals surface area contributed by atoms with Crippen LogP contribution in [-0.2, 0) is 4.79 Å². The molecule has 0 aromatic heterocycles. The predicted octanol–water partition coefficient (Wildman–Crippen LogP) is 2.70. The van der Waals surface area contributed by atoms with E-state index in [9.17, 15) is 14.7 Å². The summed E-state index contributed by atoms with van der Waals surface area (Å²) < 4.78 is 5.11. The number of ether oxygens (including phenoxy) is 1. The van der Waals surface area contributed by atoms with Crippen molar-refractivity contribution in [3.05, 3.63) is 29.8 Å². The number of carbonyl (C=O) groups is 2. The number of rotatable bonds is 6. The van der Waals surface area contributed by atoms with E-state index in [2.05, 4.69) is 5.32 Å². The predicted molar refractivity (Wildman–Crippen MR) is 80.6 cm³/mol. The van der Waals surface area contributed by atoms with Crippen molar-refractivity contribution in [2.24, 2.45) is 5.41 Å². The number of para-hydroxylation sites is 1. The molecule has 0 radical (unpaired) electrons. The van der Waals surface area contributed by atoms with Crippen LogP contribution in [0.15, 0.2) is 24.3 Å². The fourth-order valence-electron chi connectivity index (χ4n) is 1.90. The molecular formula is C16H23NO4. The van der Waals surface area contributed by atoms with E-state index in [1.165, 1.54) is 7.11 Å². The normalized spacial score (nSPS) is 12.6.